The second-order valence-corrected chi connectivity index (χ2v) is 5.75. The van der Waals surface area contributed by atoms with Gasteiger partial charge in [0.05, 0.1) is 6.61 Å². The summed E-state index contributed by atoms with van der Waals surface area (Å²) in [5.41, 5.74) is 1.60. The van der Waals surface area contributed by atoms with Gasteiger partial charge in [0.1, 0.15) is 17.4 Å². The number of nitriles is 1. The second-order valence-electron chi connectivity index (χ2n) is 5.75. The van der Waals surface area contributed by atoms with E-state index in [1.54, 1.807) is 26.8 Å². The van der Waals surface area contributed by atoms with E-state index >= 15 is 0 Å². The fraction of sp³-hybridized carbons (Fsp3) is 0.316. The first kappa shape index (κ1) is 17.5. The Labute approximate surface area is 141 Å². The van der Waals surface area contributed by atoms with Crippen molar-refractivity contribution in [1.29, 1.82) is 5.26 Å². The molecular weight excluding hydrogens is 304 g/mol. The largest absolute Gasteiger partial charge is 0.494 e. The van der Waals surface area contributed by atoms with Crippen LogP contribution in [0.15, 0.2) is 41.0 Å². The highest BCUT2D eigenvalue weighted by Crippen LogP contribution is 2.28. The summed E-state index contributed by atoms with van der Waals surface area (Å²) in [4.78, 5) is 26.1. The Morgan fingerprint density at radius 1 is 1.21 bits per heavy atom. The lowest BCUT2D eigenvalue weighted by molar-refractivity contribution is -0.142. The summed E-state index contributed by atoms with van der Waals surface area (Å²) in [7, 11) is 0. The quantitative estimate of drug-likeness (QED) is 0.630. The van der Waals surface area contributed by atoms with E-state index in [-0.39, 0.29) is 17.5 Å². The number of carbonyl (C=O) groups is 2. The lowest BCUT2D eigenvalue weighted by Crippen LogP contribution is -2.46. The zero-order chi connectivity index (χ0) is 17.9. The second kappa shape index (κ2) is 7.14. The summed E-state index contributed by atoms with van der Waals surface area (Å²) in [5, 5.41) is 9.29. The van der Waals surface area contributed by atoms with Gasteiger partial charge in [-0.3, -0.25) is 14.5 Å². The highest BCUT2D eigenvalue weighted by atomic mass is 16.5. The van der Waals surface area contributed by atoms with Crippen LogP contribution in [0.2, 0.25) is 0 Å². The monoisotopic (exact) mass is 324 g/mol. The molecule has 0 spiro atoms. The molecule has 5 heteroatoms. The van der Waals surface area contributed by atoms with Crippen molar-refractivity contribution in [2.45, 2.75) is 33.7 Å². The van der Waals surface area contributed by atoms with E-state index in [0.717, 1.165) is 16.2 Å². The molecule has 1 aromatic carbocycles. The van der Waals surface area contributed by atoms with Crippen LogP contribution < -0.4 is 4.74 Å². The number of hydrogen-bond acceptors (Lipinski definition) is 4. The normalized spacial score (nSPS) is 16.8. The molecule has 0 saturated heterocycles. The van der Waals surface area contributed by atoms with Gasteiger partial charge in [0.2, 0.25) is 0 Å². The molecule has 0 saturated carbocycles. The molecule has 1 aromatic rings. The fourth-order valence-electron chi connectivity index (χ4n) is 2.56. The number of carbonyl (C=O) groups excluding carboxylic acids is 2. The van der Waals surface area contributed by atoms with Gasteiger partial charge in [0.25, 0.3) is 11.8 Å². The number of rotatable bonds is 4. The number of benzene rings is 1. The highest BCUT2D eigenvalue weighted by Gasteiger charge is 2.36. The molecule has 2 amide bonds. The minimum absolute atomic E-state index is 0.0143. The maximum Gasteiger partial charge on any atom is 0.271 e. The number of imide groups is 1. The van der Waals surface area contributed by atoms with Crippen LogP contribution in [0.25, 0.3) is 6.08 Å². The van der Waals surface area contributed by atoms with Crippen molar-refractivity contribution >= 4 is 17.9 Å². The van der Waals surface area contributed by atoms with E-state index in [1.165, 1.54) is 0 Å². The summed E-state index contributed by atoms with van der Waals surface area (Å²) in [6.45, 7) is 7.62. The van der Waals surface area contributed by atoms with Crippen LogP contribution in [-0.2, 0) is 9.59 Å². The predicted molar refractivity (Wildman–Crippen MR) is 90.9 cm³/mol. The minimum Gasteiger partial charge on any atom is -0.494 e. The Kier molecular flexibility index (Phi) is 5.20. The van der Waals surface area contributed by atoms with E-state index < -0.39 is 5.91 Å². The summed E-state index contributed by atoms with van der Waals surface area (Å²) in [6.07, 6.45) is 1.70. The molecule has 1 heterocycles. The van der Waals surface area contributed by atoms with Crippen LogP contribution in [0.4, 0.5) is 0 Å². The van der Waals surface area contributed by atoms with Crippen LogP contribution in [0.1, 0.15) is 33.3 Å². The van der Waals surface area contributed by atoms with Crippen molar-refractivity contribution in [3.05, 3.63) is 46.5 Å². The average Bonchev–Trinajstić information content (AvgIpc) is 2.53. The molecule has 0 atom stereocenters. The van der Waals surface area contributed by atoms with Crippen molar-refractivity contribution < 1.29 is 14.3 Å². The molecular formula is C19H20N2O3. The smallest absolute Gasteiger partial charge is 0.271 e. The molecule has 24 heavy (non-hydrogen) atoms. The van der Waals surface area contributed by atoms with Crippen molar-refractivity contribution in [2.24, 2.45) is 0 Å². The van der Waals surface area contributed by atoms with Gasteiger partial charge in [0.15, 0.2) is 0 Å². The number of amides is 2. The first-order valence-electron chi connectivity index (χ1n) is 7.84. The molecule has 0 aliphatic carbocycles. The van der Waals surface area contributed by atoms with Gasteiger partial charge in [-0.05, 0) is 57.0 Å². The third-order valence-electron chi connectivity index (χ3n) is 3.79. The Hall–Kier alpha value is -2.87. The van der Waals surface area contributed by atoms with Crippen LogP contribution in [0, 0.1) is 11.3 Å². The topological polar surface area (TPSA) is 70.4 Å². The van der Waals surface area contributed by atoms with Gasteiger partial charge >= 0.3 is 0 Å². The van der Waals surface area contributed by atoms with Crippen LogP contribution in [0.5, 0.6) is 5.75 Å². The summed E-state index contributed by atoms with van der Waals surface area (Å²) in [6, 6.07) is 8.92. The molecule has 0 fully saturated rings. The van der Waals surface area contributed by atoms with Crippen LogP contribution in [0.3, 0.4) is 0 Å². The maximum absolute atomic E-state index is 12.7. The molecule has 124 valence electrons. The Morgan fingerprint density at radius 3 is 2.33 bits per heavy atom. The summed E-state index contributed by atoms with van der Waals surface area (Å²) < 4.78 is 5.40. The highest BCUT2D eigenvalue weighted by molar-refractivity contribution is 6.19. The Morgan fingerprint density at radius 2 is 1.83 bits per heavy atom. The molecule has 0 unspecified atom stereocenters. The molecule has 2 rings (SSSR count). The van der Waals surface area contributed by atoms with Crippen LogP contribution in [-0.4, -0.2) is 29.4 Å². The van der Waals surface area contributed by atoms with Crippen molar-refractivity contribution in [3.63, 3.8) is 0 Å². The Balaban J connectivity index is 2.50. The van der Waals surface area contributed by atoms with Crippen molar-refractivity contribution in [2.75, 3.05) is 6.61 Å². The van der Waals surface area contributed by atoms with Gasteiger partial charge < -0.3 is 4.74 Å². The molecule has 0 aromatic heterocycles. The van der Waals surface area contributed by atoms with E-state index in [9.17, 15) is 14.9 Å². The van der Waals surface area contributed by atoms with Gasteiger partial charge in [-0.2, -0.15) is 5.26 Å². The lowest BCUT2D eigenvalue weighted by Gasteiger charge is -2.30. The number of nitrogens with zero attached hydrogens (tertiary/aromatic N) is 2. The SMILES string of the molecule is CCOc1ccc(/C=C2/C(=O)N(C(C)C)C(=O)C(C#N)=C2C)cc1. The average molecular weight is 324 g/mol. The van der Waals surface area contributed by atoms with Gasteiger partial charge in [-0.15, -0.1) is 0 Å². The van der Waals surface area contributed by atoms with Gasteiger partial charge in [-0.25, -0.2) is 0 Å². The zero-order valence-corrected chi connectivity index (χ0v) is 14.3. The molecule has 5 nitrogen and oxygen atoms in total. The maximum atomic E-state index is 12.7. The van der Waals surface area contributed by atoms with Crippen LogP contribution >= 0.6 is 0 Å². The molecule has 0 bridgehead atoms. The molecule has 1 aliphatic rings. The summed E-state index contributed by atoms with van der Waals surface area (Å²) >= 11 is 0. The van der Waals surface area contributed by atoms with Gasteiger partial charge in [-0.1, -0.05) is 12.1 Å². The first-order chi connectivity index (χ1) is 11.4. The number of ether oxygens (including phenoxy) is 1. The lowest BCUT2D eigenvalue weighted by atomic mass is 9.93. The minimum atomic E-state index is -0.529. The van der Waals surface area contributed by atoms with E-state index in [2.05, 4.69) is 0 Å². The number of hydrogen-bond donors (Lipinski definition) is 0. The molecule has 0 radical (unpaired) electrons. The third-order valence-corrected chi connectivity index (χ3v) is 3.79. The Bertz CT molecular complexity index is 765. The molecule has 1 aliphatic heterocycles. The zero-order valence-electron chi connectivity index (χ0n) is 14.3. The fourth-order valence-corrected chi connectivity index (χ4v) is 2.56. The third kappa shape index (κ3) is 3.23. The molecule has 0 N–H and O–H groups in total. The van der Waals surface area contributed by atoms with Crippen molar-refractivity contribution in [3.8, 4) is 11.8 Å². The van der Waals surface area contributed by atoms with Gasteiger partial charge in [0, 0.05) is 11.6 Å². The standard InChI is InChI=1S/C19H20N2O3/c1-5-24-15-8-6-14(7-9-15)10-16-13(4)17(11-20)19(23)21(12(2)3)18(16)22/h6-10,12H,5H2,1-4H3/b16-10+. The van der Waals surface area contributed by atoms with E-state index in [0.29, 0.717) is 17.8 Å². The van der Waals surface area contributed by atoms with Crippen molar-refractivity contribution in [1.82, 2.24) is 4.90 Å². The first-order valence-corrected chi connectivity index (χ1v) is 7.84. The van der Waals surface area contributed by atoms with E-state index in [1.807, 2.05) is 37.3 Å². The summed E-state index contributed by atoms with van der Waals surface area (Å²) in [5.74, 6) is -0.155. The van der Waals surface area contributed by atoms with E-state index in [4.69, 9.17) is 4.74 Å². The predicted octanol–water partition coefficient (Wildman–Crippen LogP) is 3.09.